The van der Waals surface area contributed by atoms with Crippen LogP contribution in [0.1, 0.15) is 17.2 Å². The van der Waals surface area contributed by atoms with Gasteiger partial charge >= 0.3 is 0 Å². The molecule has 0 aliphatic carbocycles. The molecule has 19 heavy (non-hydrogen) atoms. The van der Waals surface area contributed by atoms with Gasteiger partial charge in [0, 0.05) is 11.6 Å². The van der Waals surface area contributed by atoms with Crippen LogP contribution in [-0.2, 0) is 6.42 Å². The average Bonchev–Trinajstić information content (AvgIpc) is 2.46. The molecule has 0 aromatic heterocycles. The molecule has 100 valence electrons. The fraction of sp³-hybridized carbons (Fsp3) is 0.250. The summed E-state index contributed by atoms with van der Waals surface area (Å²) in [6, 6.07) is 17.5. The Hall–Kier alpha value is -1.35. The van der Waals surface area contributed by atoms with E-state index in [1.165, 1.54) is 5.56 Å². The number of rotatable bonds is 6. The third kappa shape index (κ3) is 4.67. The van der Waals surface area contributed by atoms with E-state index < -0.39 is 6.10 Å². The van der Waals surface area contributed by atoms with Crippen LogP contribution in [0.2, 0.25) is 5.02 Å². The van der Waals surface area contributed by atoms with E-state index in [2.05, 4.69) is 5.32 Å². The fourth-order valence-corrected chi connectivity index (χ4v) is 2.04. The molecule has 0 aliphatic heterocycles. The zero-order valence-corrected chi connectivity index (χ0v) is 11.5. The van der Waals surface area contributed by atoms with E-state index in [1.54, 1.807) is 0 Å². The van der Waals surface area contributed by atoms with Gasteiger partial charge in [-0.1, -0.05) is 54.1 Å². The van der Waals surface area contributed by atoms with Gasteiger partial charge in [0.2, 0.25) is 0 Å². The molecule has 2 nitrogen and oxygen atoms in total. The molecule has 0 heterocycles. The van der Waals surface area contributed by atoms with Crippen molar-refractivity contribution in [2.75, 3.05) is 13.1 Å². The van der Waals surface area contributed by atoms with Gasteiger partial charge in [-0.05, 0) is 36.2 Å². The number of nitrogens with one attached hydrogen (secondary N) is 1. The summed E-state index contributed by atoms with van der Waals surface area (Å²) in [6.07, 6.45) is 0.477. The van der Waals surface area contributed by atoms with Gasteiger partial charge in [0.1, 0.15) is 0 Å². The Morgan fingerprint density at radius 3 is 2.37 bits per heavy atom. The lowest BCUT2D eigenvalue weighted by Gasteiger charge is -2.12. The molecular formula is C16H18ClNO. The number of hydrogen-bond acceptors (Lipinski definition) is 2. The highest BCUT2D eigenvalue weighted by atomic mass is 35.5. The van der Waals surface area contributed by atoms with Gasteiger partial charge in [-0.2, -0.15) is 0 Å². The van der Waals surface area contributed by atoms with Crippen LogP contribution in [0, 0.1) is 0 Å². The SMILES string of the molecule is OC(CNCCc1ccc(Cl)cc1)c1ccccc1. The second-order valence-electron chi connectivity index (χ2n) is 4.51. The monoisotopic (exact) mass is 275 g/mol. The van der Waals surface area contributed by atoms with E-state index in [9.17, 15) is 5.11 Å². The van der Waals surface area contributed by atoms with Crippen molar-refractivity contribution in [3.8, 4) is 0 Å². The van der Waals surface area contributed by atoms with Gasteiger partial charge in [0.25, 0.3) is 0 Å². The second kappa shape index (κ2) is 7.29. The molecule has 0 saturated heterocycles. The summed E-state index contributed by atoms with van der Waals surface area (Å²) in [5.41, 5.74) is 2.19. The number of hydrogen-bond donors (Lipinski definition) is 2. The summed E-state index contributed by atoms with van der Waals surface area (Å²) < 4.78 is 0. The van der Waals surface area contributed by atoms with Crippen molar-refractivity contribution in [3.63, 3.8) is 0 Å². The van der Waals surface area contributed by atoms with E-state index in [0.717, 1.165) is 23.6 Å². The number of aliphatic hydroxyl groups is 1. The minimum Gasteiger partial charge on any atom is -0.387 e. The summed E-state index contributed by atoms with van der Waals surface area (Å²) >= 11 is 5.83. The summed E-state index contributed by atoms with van der Waals surface area (Å²) in [7, 11) is 0. The van der Waals surface area contributed by atoms with Gasteiger partial charge < -0.3 is 10.4 Å². The van der Waals surface area contributed by atoms with Crippen LogP contribution in [-0.4, -0.2) is 18.2 Å². The molecule has 1 atom stereocenters. The van der Waals surface area contributed by atoms with E-state index >= 15 is 0 Å². The van der Waals surface area contributed by atoms with Crippen molar-refractivity contribution in [1.82, 2.24) is 5.32 Å². The molecular weight excluding hydrogens is 258 g/mol. The first-order valence-electron chi connectivity index (χ1n) is 6.44. The van der Waals surface area contributed by atoms with Crippen LogP contribution in [0.3, 0.4) is 0 Å². The molecule has 2 aromatic rings. The maximum atomic E-state index is 9.97. The van der Waals surface area contributed by atoms with Crippen LogP contribution in [0.4, 0.5) is 0 Å². The molecule has 2 aromatic carbocycles. The van der Waals surface area contributed by atoms with Gasteiger partial charge in [-0.25, -0.2) is 0 Å². The molecule has 0 radical (unpaired) electrons. The van der Waals surface area contributed by atoms with Crippen LogP contribution in [0.15, 0.2) is 54.6 Å². The summed E-state index contributed by atoms with van der Waals surface area (Å²) in [5, 5.41) is 14.0. The fourth-order valence-electron chi connectivity index (χ4n) is 1.92. The maximum absolute atomic E-state index is 9.97. The molecule has 2 N–H and O–H groups in total. The minimum atomic E-state index is -0.452. The largest absolute Gasteiger partial charge is 0.387 e. The quantitative estimate of drug-likeness (QED) is 0.794. The van der Waals surface area contributed by atoms with Gasteiger partial charge in [-0.15, -0.1) is 0 Å². The summed E-state index contributed by atoms with van der Waals surface area (Å²) in [4.78, 5) is 0. The van der Waals surface area contributed by atoms with Crippen LogP contribution in [0.25, 0.3) is 0 Å². The predicted molar refractivity (Wildman–Crippen MR) is 79.4 cm³/mol. The van der Waals surface area contributed by atoms with Gasteiger partial charge in [0.15, 0.2) is 0 Å². The van der Waals surface area contributed by atoms with Crippen LogP contribution in [0.5, 0.6) is 0 Å². The first kappa shape index (κ1) is 14.1. The Balaban J connectivity index is 1.71. The lowest BCUT2D eigenvalue weighted by molar-refractivity contribution is 0.175. The summed E-state index contributed by atoms with van der Waals surface area (Å²) in [5.74, 6) is 0. The minimum absolute atomic E-state index is 0.452. The maximum Gasteiger partial charge on any atom is 0.0914 e. The molecule has 0 bridgehead atoms. The lowest BCUT2D eigenvalue weighted by Crippen LogP contribution is -2.23. The Kier molecular flexibility index (Phi) is 5.40. The zero-order chi connectivity index (χ0) is 13.5. The first-order chi connectivity index (χ1) is 9.25. The molecule has 0 spiro atoms. The highest BCUT2D eigenvalue weighted by Gasteiger charge is 2.05. The average molecular weight is 276 g/mol. The number of halogens is 1. The zero-order valence-electron chi connectivity index (χ0n) is 10.7. The Bertz CT molecular complexity index is 484. The number of aliphatic hydroxyl groups excluding tert-OH is 1. The third-order valence-corrected chi connectivity index (χ3v) is 3.28. The lowest BCUT2D eigenvalue weighted by atomic mass is 10.1. The smallest absolute Gasteiger partial charge is 0.0914 e. The molecule has 3 heteroatoms. The van der Waals surface area contributed by atoms with E-state index in [4.69, 9.17) is 11.6 Å². The molecule has 0 aliphatic rings. The van der Waals surface area contributed by atoms with Crippen molar-refractivity contribution in [2.24, 2.45) is 0 Å². The van der Waals surface area contributed by atoms with E-state index in [0.29, 0.717) is 6.54 Å². The predicted octanol–water partition coefficient (Wildman–Crippen LogP) is 3.21. The molecule has 1 unspecified atom stereocenters. The topological polar surface area (TPSA) is 32.3 Å². The molecule has 2 rings (SSSR count). The van der Waals surface area contributed by atoms with Crippen molar-refractivity contribution in [3.05, 3.63) is 70.7 Å². The Labute approximate surface area is 119 Å². The highest BCUT2D eigenvalue weighted by Crippen LogP contribution is 2.11. The Morgan fingerprint density at radius 2 is 1.68 bits per heavy atom. The van der Waals surface area contributed by atoms with Crippen molar-refractivity contribution < 1.29 is 5.11 Å². The summed E-state index contributed by atoms with van der Waals surface area (Å²) in [6.45, 7) is 1.41. The molecule has 0 amide bonds. The van der Waals surface area contributed by atoms with E-state index in [1.807, 2.05) is 54.6 Å². The van der Waals surface area contributed by atoms with Crippen molar-refractivity contribution in [1.29, 1.82) is 0 Å². The van der Waals surface area contributed by atoms with Gasteiger partial charge in [0.05, 0.1) is 6.10 Å². The van der Waals surface area contributed by atoms with Crippen LogP contribution < -0.4 is 5.32 Å². The van der Waals surface area contributed by atoms with E-state index in [-0.39, 0.29) is 0 Å². The van der Waals surface area contributed by atoms with Crippen molar-refractivity contribution >= 4 is 11.6 Å². The highest BCUT2D eigenvalue weighted by molar-refractivity contribution is 6.30. The Morgan fingerprint density at radius 1 is 1.00 bits per heavy atom. The van der Waals surface area contributed by atoms with Gasteiger partial charge in [-0.3, -0.25) is 0 Å². The second-order valence-corrected chi connectivity index (χ2v) is 4.94. The van der Waals surface area contributed by atoms with Crippen molar-refractivity contribution in [2.45, 2.75) is 12.5 Å². The third-order valence-electron chi connectivity index (χ3n) is 3.03. The number of benzene rings is 2. The van der Waals surface area contributed by atoms with Crippen LogP contribution >= 0.6 is 11.6 Å². The first-order valence-corrected chi connectivity index (χ1v) is 6.81. The standard InChI is InChI=1S/C16H18ClNO/c17-15-8-6-13(7-9-15)10-11-18-12-16(19)14-4-2-1-3-5-14/h1-9,16,18-19H,10-12H2. The molecule has 0 fully saturated rings. The normalized spacial score (nSPS) is 12.3. The molecule has 0 saturated carbocycles.